The number of hydrogen-bond acceptors (Lipinski definition) is 12. The number of sulfone groups is 1. The minimum absolute atomic E-state index is 0.169. The van der Waals surface area contributed by atoms with Crippen LogP contribution in [0.25, 0.3) is 0 Å². The Hall–Kier alpha value is -3.93. The second-order valence-electron chi connectivity index (χ2n) is 11.2. The van der Waals surface area contributed by atoms with Gasteiger partial charge in [-0.2, -0.15) is 33.7 Å². The molecular formula is C29H28O16S5. The number of aryl methyl sites for hydroxylation is 1. The van der Waals surface area contributed by atoms with Gasteiger partial charge in [0.2, 0.25) is 9.84 Å². The van der Waals surface area contributed by atoms with Crippen molar-refractivity contribution in [2.45, 2.75) is 55.6 Å². The quantitative estimate of drug-likeness (QED) is 0.157. The normalized spacial score (nSPS) is 13.2. The van der Waals surface area contributed by atoms with Crippen LogP contribution in [0, 0.1) is 6.92 Å². The molecule has 0 saturated heterocycles. The molecule has 0 radical (unpaired) electrons. The molecule has 0 saturated carbocycles. The Bertz CT molecular complexity index is 2590. The van der Waals surface area contributed by atoms with E-state index in [1.165, 1.54) is 31.2 Å². The Labute approximate surface area is 288 Å². The average molecular weight is 793 g/mol. The Morgan fingerprint density at radius 3 is 1.30 bits per heavy atom. The van der Waals surface area contributed by atoms with Crippen molar-refractivity contribution in [1.82, 2.24) is 0 Å². The minimum atomic E-state index is -5.32. The second kappa shape index (κ2) is 13.0. The lowest BCUT2D eigenvalue weighted by molar-refractivity contribution is 0.397. The summed E-state index contributed by atoms with van der Waals surface area (Å²) in [6.07, 6.45) is 0. The first-order valence-corrected chi connectivity index (χ1v) is 20.8. The summed E-state index contributed by atoms with van der Waals surface area (Å²) in [4.78, 5) is -4.93. The van der Waals surface area contributed by atoms with Crippen LogP contribution in [0.3, 0.4) is 0 Å². The molecule has 0 aliphatic carbocycles. The van der Waals surface area contributed by atoms with Crippen molar-refractivity contribution in [3.05, 3.63) is 89.5 Å². The summed E-state index contributed by atoms with van der Waals surface area (Å²) in [6.45, 7) is 4.60. The van der Waals surface area contributed by atoms with Gasteiger partial charge >= 0.3 is 0 Å². The molecule has 0 fully saturated rings. The largest absolute Gasteiger partial charge is 0.495 e. The smallest absolute Gasteiger partial charge is 0.298 e. The summed E-state index contributed by atoms with van der Waals surface area (Å²) in [5.41, 5.74) is -0.480. The summed E-state index contributed by atoms with van der Waals surface area (Å²) < 4.78 is 174. The van der Waals surface area contributed by atoms with Gasteiger partial charge in [0.15, 0.2) is 0 Å². The average Bonchev–Trinajstić information content (AvgIpc) is 2.99. The maximum absolute atomic E-state index is 13.4. The van der Waals surface area contributed by atoms with Crippen molar-refractivity contribution >= 4 is 50.3 Å². The number of hydrogen-bond donors (Lipinski definition) is 4. The fourth-order valence-electron chi connectivity index (χ4n) is 4.84. The van der Waals surface area contributed by atoms with Gasteiger partial charge in [-0.15, -0.1) is 0 Å². The van der Waals surface area contributed by atoms with Crippen molar-refractivity contribution in [1.29, 1.82) is 0 Å². The molecule has 21 heteroatoms. The van der Waals surface area contributed by atoms with Gasteiger partial charge in [-0.25, -0.2) is 8.42 Å². The predicted molar refractivity (Wildman–Crippen MR) is 174 cm³/mol. The molecular weight excluding hydrogens is 765 g/mol. The molecule has 0 amide bonds. The van der Waals surface area contributed by atoms with Gasteiger partial charge in [-0.05, 0) is 78.2 Å². The summed E-state index contributed by atoms with van der Waals surface area (Å²) in [6, 6.07) is 11.8. The Morgan fingerprint density at radius 1 is 0.500 bits per heavy atom. The van der Waals surface area contributed by atoms with Crippen LogP contribution in [-0.4, -0.2) is 67.4 Å². The molecule has 0 aliphatic heterocycles. The molecule has 4 aromatic carbocycles. The SMILES string of the molecule is COc1ccc(S(=O)(=O)c2ccc(Oc3ccc(C(C)(C)c4ccc(C)c(S(=O)(=O)O)c4)cc3S(=O)(=O)O)c(S(=O)(=O)O)c2)cc1S(=O)(=O)O. The number of benzene rings is 4. The first kappa shape index (κ1) is 38.9. The van der Waals surface area contributed by atoms with Crippen LogP contribution in [0.5, 0.6) is 17.2 Å². The van der Waals surface area contributed by atoms with Crippen LogP contribution in [0.15, 0.2) is 102 Å². The highest BCUT2D eigenvalue weighted by atomic mass is 32.2. The summed E-state index contributed by atoms with van der Waals surface area (Å²) in [7, 11) is -23.8. The lowest BCUT2D eigenvalue weighted by Gasteiger charge is -2.27. The molecule has 0 bridgehead atoms. The highest BCUT2D eigenvalue weighted by molar-refractivity contribution is 7.91. The monoisotopic (exact) mass is 792 g/mol. The van der Waals surface area contributed by atoms with Gasteiger partial charge in [0, 0.05) is 5.41 Å². The molecule has 0 heterocycles. The van der Waals surface area contributed by atoms with Crippen LogP contribution in [0.4, 0.5) is 0 Å². The maximum atomic E-state index is 13.4. The van der Waals surface area contributed by atoms with E-state index in [4.69, 9.17) is 9.47 Å². The third-order valence-corrected chi connectivity index (χ3v) is 12.9. The van der Waals surface area contributed by atoms with Crippen LogP contribution in [-0.2, 0) is 55.7 Å². The molecule has 0 atom stereocenters. The van der Waals surface area contributed by atoms with Crippen LogP contribution in [0.2, 0.25) is 0 Å². The lowest BCUT2D eigenvalue weighted by atomic mass is 9.78. The summed E-state index contributed by atoms with van der Waals surface area (Å²) in [5.74, 6) is -1.88. The van der Waals surface area contributed by atoms with Gasteiger partial charge in [0.1, 0.15) is 31.9 Å². The minimum Gasteiger partial charge on any atom is -0.495 e. The Balaban J connectivity index is 1.84. The van der Waals surface area contributed by atoms with Crippen molar-refractivity contribution in [2.24, 2.45) is 0 Å². The van der Waals surface area contributed by atoms with Gasteiger partial charge in [-0.3, -0.25) is 18.2 Å². The molecule has 16 nitrogen and oxygen atoms in total. The topological polar surface area (TPSA) is 270 Å². The highest BCUT2D eigenvalue weighted by Gasteiger charge is 2.31. The second-order valence-corrected chi connectivity index (χ2v) is 18.7. The fraction of sp³-hybridized carbons (Fsp3) is 0.172. The van der Waals surface area contributed by atoms with E-state index in [0.29, 0.717) is 17.7 Å². The number of methoxy groups -OCH3 is 1. The van der Waals surface area contributed by atoms with Crippen LogP contribution in [0.1, 0.15) is 30.5 Å². The van der Waals surface area contributed by atoms with E-state index in [9.17, 15) is 60.3 Å². The fourth-order valence-corrected chi connectivity index (χ4v) is 9.01. The predicted octanol–water partition coefficient (Wildman–Crippen LogP) is 3.94. The molecule has 270 valence electrons. The zero-order valence-corrected chi connectivity index (χ0v) is 30.2. The van der Waals surface area contributed by atoms with Crippen molar-refractivity contribution in [3.8, 4) is 17.2 Å². The van der Waals surface area contributed by atoms with E-state index in [1.807, 2.05) is 0 Å². The maximum Gasteiger partial charge on any atom is 0.298 e. The van der Waals surface area contributed by atoms with E-state index in [1.54, 1.807) is 13.8 Å². The zero-order valence-electron chi connectivity index (χ0n) is 26.2. The van der Waals surface area contributed by atoms with Crippen molar-refractivity contribution < 1.29 is 69.8 Å². The van der Waals surface area contributed by atoms with E-state index in [-0.39, 0.29) is 11.1 Å². The standard InChI is InChI=1S/C29H28O16S5/c1-17-5-6-18(13-25(17)47(32,33)34)29(2,3)19-7-10-23(26(14-19)48(35,36)37)45-24-12-9-21(16-28(24)50(41,42)43)46(30,31)20-8-11-22(44-4)27(15-20)49(38,39)40/h5-16H,1-4H3,(H,32,33,34)(H,35,36,37)(H,38,39,40)(H,41,42,43). The third-order valence-electron chi connectivity index (χ3n) is 7.58. The molecule has 50 heavy (non-hydrogen) atoms. The number of rotatable bonds is 11. The van der Waals surface area contributed by atoms with Gasteiger partial charge in [0.05, 0.1) is 21.8 Å². The van der Waals surface area contributed by atoms with E-state index in [2.05, 4.69) is 0 Å². The van der Waals surface area contributed by atoms with E-state index < -0.39 is 102 Å². The first-order chi connectivity index (χ1) is 22.7. The summed E-state index contributed by atoms with van der Waals surface area (Å²) >= 11 is 0. The van der Waals surface area contributed by atoms with Crippen molar-refractivity contribution in [3.63, 3.8) is 0 Å². The molecule has 4 N–H and O–H groups in total. The Kier molecular flexibility index (Phi) is 10.1. The third kappa shape index (κ3) is 7.85. The van der Waals surface area contributed by atoms with Crippen molar-refractivity contribution in [2.75, 3.05) is 7.11 Å². The molecule has 0 aromatic heterocycles. The summed E-state index contributed by atoms with van der Waals surface area (Å²) in [5, 5.41) is 0. The van der Waals surface area contributed by atoms with Gasteiger partial charge in [-0.1, -0.05) is 32.0 Å². The molecule has 0 aliphatic rings. The number of ether oxygens (including phenoxy) is 2. The van der Waals surface area contributed by atoms with Crippen LogP contribution >= 0.6 is 0 Å². The Morgan fingerprint density at radius 2 is 0.860 bits per heavy atom. The highest BCUT2D eigenvalue weighted by Crippen LogP contribution is 2.40. The van der Waals surface area contributed by atoms with E-state index in [0.717, 1.165) is 43.5 Å². The van der Waals surface area contributed by atoms with Gasteiger partial charge < -0.3 is 9.47 Å². The molecule has 0 spiro atoms. The molecule has 4 aromatic rings. The molecule has 0 unspecified atom stereocenters. The van der Waals surface area contributed by atoms with Gasteiger partial charge in [0.25, 0.3) is 40.5 Å². The zero-order chi connectivity index (χ0) is 37.8. The van der Waals surface area contributed by atoms with E-state index >= 15 is 0 Å². The van der Waals surface area contributed by atoms with Crippen LogP contribution < -0.4 is 9.47 Å². The first-order valence-electron chi connectivity index (χ1n) is 13.6. The molecule has 4 rings (SSSR count). The lowest BCUT2D eigenvalue weighted by Crippen LogP contribution is -2.20.